The fourth-order valence-electron chi connectivity index (χ4n) is 3.84. The highest BCUT2D eigenvalue weighted by atomic mass is 16.6. The minimum atomic E-state index is -0.0265. The van der Waals surface area contributed by atoms with E-state index in [4.69, 9.17) is 9.47 Å². The molecular weight excluding hydrogens is 342 g/mol. The Kier molecular flexibility index (Phi) is 4.11. The standard InChI is InChI=1S/C21H23N3O3/c25-21(23-16-5-6-16)15-4-8-20(22-13-15)24-9-1-2-17(24)14-3-7-18-19(12-14)27-11-10-26-18/h3-4,7-8,12-13,16-17H,1-2,5-6,9-11H2,(H,23,25)/t17-/m0/s1. The van der Waals surface area contributed by atoms with Crippen molar-refractivity contribution in [3.8, 4) is 11.5 Å². The summed E-state index contributed by atoms with van der Waals surface area (Å²) in [4.78, 5) is 19.1. The monoisotopic (exact) mass is 365 g/mol. The summed E-state index contributed by atoms with van der Waals surface area (Å²) in [5, 5.41) is 3.00. The number of carbonyl (C=O) groups is 1. The van der Waals surface area contributed by atoms with Crippen LogP contribution in [-0.4, -0.2) is 36.7 Å². The Balaban J connectivity index is 1.35. The Labute approximate surface area is 158 Å². The molecule has 0 spiro atoms. The van der Waals surface area contributed by atoms with Gasteiger partial charge in [-0.3, -0.25) is 4.79 Å². The molecule has 1 N–H and O–H groups in total. The number of pyridine rings is 1. The van der Waals surface area contributed by atoms with Crippen LogP contribution in [-0.2, 0) is 0 Å². The van der Waals surface area contributed by atoms with Crippen molar-refractivity contribution in [3.63, 3.8) is 0 Å². The molecule has 3 aliphatic rings. The van der Waals surface area contributed by atoms with Gasteiger partial charge in [-0.1, -0.05) is 6.07 Å². The van der Waals surface area contributed by atoms with Crippen LogP contribution in [0.1, 0.15) is 47.6 Å². The van der Waals surface area contributed by atoms with E-state index in [1.807, 2.05) is 18.2 Å². The van der Waals surface area contributed by atoms with Gasteiger partial charge in [0.05, 0.1) is 11.6 Å². The van der Waals surface area contributed by atoms with Gasteiger partial charge in [0.25, 0.3) is 5.91 Å². The van der Waals surface area contributed by atoms with E-state index < -0.39 is 0 Å². The first-order valence-electron chi connectivity index (χ1n) is 9.71. The molecule has 5 rings (SSSR count). The van der Waals surface area contributed by atoms with Crippen LogP contribution in [0.3, 0.4) is 0 Å². The summed E-state index contributed by atoms with van der Waals surface area (Å²) in [5.74, 6) is 2.53. The molecule has 2 aromatic rings. The van der Waals surface area contributed by atoms with Crippen LogP contribution in [0.15, 0.2) is 36.5 Å². The maximum atomic E-state index is 12.2. The second-order valence-corrected chi connectivity index (χ2v) is 7.41. The van der Waals surface area contributed by atoms with E-state index >= 15 is 0 Å². The number of benzene rings is 1. The summed E-state index contributed by atoms with van der Waals surface area (Å²) in [5.41, 5.74) is 1.84. The fourth-order valence-corrected chi connectivity index (χ4v) is 3.84. The molecule has 6 heteroatoms. The molecule has 0 bridgehead atoms. The van der Waals surface area contributed by atoms with Gasteiger partial charge in [0.15, 0.2) is 11.5 Å². The first-order valence-corrected chi connectivity index (χ1v) is 9.71. The van der Waals surface area contributed by atoms with Crippen LogP contribution < -0.4 is 19.7 Å². The number of anilines is 1. The van der Waals surface area contributed by atoms with Crippen molar-refractivity contribution in [1.29, 1.82) is 0 Å². The highest BCUT2D eigenvalue weighted by molar-refractivity contribution is 5.94. The Morgan fingerprint density at radius 3 is 2.70 bits per heavy atom. The average molecular weight is 365 g/mol. The van der Waals surface area contributed by atoms with Gasteiger partial charge >= 0.3 is 0 Å². The highest BCUT2D eigenvalue weighted by Gasteiger charge is 2.29. The molecule has 2 aliphatic heterocycles. The van der Waals surface area contributed by atoms with Gasteiger partial charge in [0.2, 0.25) is 0 Å². The van der Waals surface area contributed by atoms with Gasteiger partial charge in [0.1, 0.15) is 19.0 Å². The molecule has 2 fully saturated rings. The van der Waals surface area contributed by atoms with E-state index in [2.05, 4.69) is 27.3 Å². The Morgan fingerprint density at radius 2 is 1.93 bits per heavy atom. The van der Waals surface area contributed by atoms with E-state index in [1.54, 1.807) is 6.20 Å². The molecule has 1 aromatic heterocycles. The van der Waals surface area contributed by atoms with Gasteiger partial charge in [-0.25, -0.2) is 4.98 Å². The van der Waals surface area contributed by atoms with Crippen molar-refractivity contribution < 1.29 is 14.3 Å². The van der Waals surface area contributed by atoms with E-state index in [0.29, 0.717) is 24.8 Å². The summed E-state index contributed by atoms with van der Waals surface area (Å²) in [6.07, 6.45) is 6.05. The van der Waals surface area contributed by atoms with E-state index in [1.165, 1.54) is 5.56 Å². The van der Waals surface area contributed by atoms with Crippen LogP contribution in [0.4, 0.5) is 5.82 Å². The Morgan fingerprint density at radius 1 is 1.07 bits per heavy atom. The number of rotatable bonds is 4. The summed E-state index contributed by atoms with van der Waals surface area (Å²) >= 11 is 0. The lowest BCUT2D eigenvalue weighted by molar-refractivity contribution is 0.0950. The summed E-state index contributed by atoms with van der Waals surface area (Å²) in [6, 6.07) is 10.7. The molecule has 3 heterocycles. The molecule has 140 valence electrons. The smallest absolute Gasteiger partial charge is 0.253 e. The Hall–Kier alpha value is -2.76. The van der Waals surface area contributed by atoms with Gasteiger partial charge in [0, 0.05) is 18.8 Å². The summed E-state index contributed by atoms with van der Waals surface area (Å²) in [7, 11) is 0. The number of fused-ring (bicyclic) bond motifs is 1. The zero-order valence-electron chi connectivity index (χ0n) is 15.2. The van der Waals surface area contributed by atoms with Crippen LogP contribution in [0, 0.1) is 0 Å². The molecule has 1 amide bonds. The topological polar surface area (TPSA) is 63.7 Å². The Bertz CT molecular complexity index is 848. The minimum absolute atomic E-state index is 0.0265. The van der Waals surface area contributed by atoms with Crippen LogP contribution >= 0.6 is 0 Å². The van der Waals surface area contributed by atoms with E-state index in [9.17, 15) is 4.79 Å². The molecular formula is C21H23N3O3. The SMILES string of the molecule is O=C(NC1CC1)c1ccc(N2CCC[C@H]2c2ccc3c(c2)OCCO3)nc1. The number of nitrogens with zero attached hydrogens (tertiary/aromatic N) is 2. The second-order valence-electron chi connectivity index (χ2n) is 7.41. The molecule has 1 aromatic carbocycles. The number of hydrogen-bond donors (Lipinski definition) is 1. The first-order chi connectivity index (χ1) is 13.3. The average Bonchev–Trinajstić information content (AvgIpc) is 3.39. The fraction of sp³-hybridized carbons (Fsp3) is 0.429. The van der Waals surface area contributed by atoms with Crippen LogP contribution in [0.25, 0.3) is 0 Å². The lowest BCUT2D eigenvalue weighted by Crippen LogP contribution is -2.26. The molecule has 1 atom stereocenters. The van der Waals surface area contributed by atoms with Gasteiger partial charge < -0.3 is 19.7 Å². The maximum Gasteiger partial charge on any atom is 0.253 e. The van der Waals surface area contributed by atoms with E-state index in [0.717, 1.165) is 49.5 Å². The van der Waals surface area contributed by atoms with Crippen LogP contribution in [0.2, 0.25) is 0 Å². The van der Waals surface area contributed by atoms with E-state index in [-0.39, 0.29) is 11.9 Å². The van der Waals surface area contributed by atoms with Gasteiger partial charge in [-0.05, 0) is 55.5 Å². The van der Waals surface area contributed by atoms with Crippen LogP contribution in [0.5, 0.6) is 11.5 Å². The lowest BCUT2D eigenvalue weighted by atomic mass is 10.0. The minimum Gasteiger partial charge on any atom is -0.486 e. The number of nitrogens with one attached hydrogen (secondary N) is 1. The number of hydrogen-bond acceptors (Lipinski definition) is 5. The molecule has 0 radical (unpaired) electrons. The zero-order chi connectivity index (χ0) is 18.2. The maximum absolute atomic E-state index is 12.2. The molecule has 1 saturated carbocycles. The van der Waals surface area contributed by atoms with Gasteiger partial charge in [-0.15, -0.1) is 0 Å². The second kappa shape index (κ2) is 6.76. The summed E-state index contributed by atoms with van der Waals surface area (Å²) < 4.78 is 11.4. The largest absolute Gasteiger partial charge is 0.486 e. The normalized spacial score (nSPS) is 21.2. The quantitative estimate of drug-likeness (QED) is 0.902. The number of ether oxygens (including phenoxy) is 2. The van der Waals surface area contributed by atoms with Gasteiger partial charge in [-0.2, -0.15) is 0 Å². The van der Waals surface area contributed by atoms with Crippen molar-refractivity contribution in [2.45, 2.75) is 37.8 Å². The van der Waals surface area contributed by atoms with Crippen molar-refractivity contribution in [2.24, 2.45) is 0 Å². The number of aromatic nitrogens is 1. The molecule has 6 nitrogen and oxygen atoms in total. The predicted octanol–water partition coefficient (Wildman–Crippen LogP) is 3.09. The molecule has 1 saturated heterocycles. The van der Waals surface area contributed by atoms with Crippen molar-refractivity contribution in [1.82, 2.24) is 10.3 Å². The first kappa shape index (κ1) is 16.4. The molecule has 27 heavy (non-hydrogen) atoms. The summed E-state index contributed by atoms with van der Waals surface area (Å²) in [6.45, 7) is 2.16. The van der Waals surface area contributed by atoms with Crippen molar-refractivity contribution in [2.75, 3.05) is 24.7 Å². The van der Waals surface area contributed by atoms with Crippen molar-refractivity contribution in [3.05, 3.63) is 47.7 Å². The molecule has 1 aliphatic carbocycles. The zero-order valence-corrected chi connectivity index (χ0v) is 15.2. The van der Waals surface area contributed by atoms with Crippen molar-refractivity contribution >= 4 is 11.7 Å². The third-order valence-corrected chi connectivity index (χ3v) is 5.42. The number of carbonyl (C=O) groups excluding carboxylic acids is 1. The predicted molar refractivity (Wildman–Crippen MR) is 101 cm³/mol. The highest BCUT2D eigenvalue weighted by Crippen LogP contribution is 2.39. The number of amides is 1. The third-order valence-electron chi connectivity index (χ3n) is 5.42. The third kappa shape index (κ3) is 3.31. The lowest BCUT2D eigenvalue weighted by Gasteiger charge is -2.27. The molecule has 0 unspecified atom stereocenters.